The van der Waals surface area contributed by atoms with Crippen LogP contribution >= 0.6 is 11.8 Å². The van der Waals surface area contributed by atoms with Crippen LogP contribution in [0.1, 0.15) is 105 Å². The van der Waals surface area contributed by atoms with Gasteiger partial charge in [0.05, 0.1) is 0 Å². The van der Waals surface area contributed by atoms with Gasteiger partial charge in [0.1, 0.15) is 0 Å². The minimum Gasteiger partial charge on any atom is -0.0936 e. The van der Waals surface area contributed by atoms with Gasteiger partial charge in [0, 0.05) is 11.3 Å². The molecule has 2 rings (SSSR count). The Morgan fingerprint density at radius 1 is 0.931 bits per heavy atom. The first kappa shape index (κ1) is 24.3. The highest BCUT2D eigenvalue weighted by atomic mass is 32.2. The minimum atomic E-state index is 0.233. The van der Waals surface area contributed by atoms with Crippen molar-refractivity contribution in [1.29, 1.82) is 0 Å². The Hall–Kier alpha value is -0.950. The highest BCUT2D eigenvalue weighted by molar-refractivity contribution is 8.03. The van der Waals surface area contributed by atoms with Gasteiger partial charge in [-0.25, -0.2) is 0 Å². The summed E-state index contributed by atoms with van der Waals surface area (Å²) in [4.78, 5) is 2.63. The monoisotopic (exact) mass is 410 g/mol. The highest BCUT2D eigenvalue weighted by Gasteiger charge is 2.24. The van der Waals surface area contributed by atoms with Crippen LogP contribution < -0.4 is 0 Å². The van der Waals surface area contributed by atoms with Gasteiger partial charge in [-0.3, -0.25) is 0 Å². The first-order valence-corrected chi connectivity index (χ1v) is 12.6. The maximum atomic E-state index is 3.47. The van der Waals surface area contributed by atoms with E-state index in [1.54, 1.807) is 0 Å². The summed E-state index contributed by atoms with van der Waals surface area (Å²) >= 11 is 1.88. The Bertz CT molecular complexity index is 690. The molecule has 0 saturated carbocycles. The van der Waals surface area contributed by atoms with Crippen molar-refractivity contribution in [2.45, 2.75) is 110 Å². The summed E-state index contributed by atoms with van der Waals surface area (Å²) in [5.41, 5.74) is 3.45. The molecular weight excluding hydrogens is 368 g/mol. The molecule has 0 amide bonds. The second kappa shape index (κ2) is 11.4. The molecule has 0 aromatic heterocycles. The number of rotatable bonds is 12. The number of allylic oxidation sites excluding steroid dienone is 4. The molecule has 0 spiro atoms. The second-order valence-corrected chi connectivity index (χ2v) is 11.0. The second-order valence-electron chi connectivity index (χ2n) is 9.87. The lowest BCUT2D eigenvalue weighted by molar-refractivity contribution is 0.393. The third-order valence-corrected chi connectivity index (χ3v) is 7.31. The van der Waals surface area contributed by atoms with E-state index in [0.29, 0.717) is 0 Å². The number of unbranched alkanes of at least 4 members (excludes halogenated alkanes) is 4. The van der Waals surface area contributed by atoms with Crippen LogP contribution in [0.2, 0.25) is 0 Å². The molecule has 0 unspecified atom stereocenters. The van der Waals surface area contributed by atoms with E-state index in [2.05, 4.69) is 84.4 Å². The Kier molecular flexibility index (Phi) is 9.60. The molecule has 0 aliphatic heterocycles. The normalized spacial score (nSPS) is 15.2. The Morgan fingerprint density at radius 2 is 1.59 bits per heavy atom. The summed E-state index contributed by atoms with van der Waals surface area (Å²) in [5, 5.41) is 0. The van der Waals surface area contributed by atoms with Crippen LogP contribution in [0.3, 0.4) is 0 Å². The SMILES string of the molecule is CCCCCC(C)(C)C1=CC[CH]C(Sc2[c]ccc(C(C)(C)CCCCC)c2)=C1. The van der Waals surface area contributed by atoms with Crippen LogP contribution in [0.4, 0.5) is 0 Å². The summed E-state index contributed by atoms with van der Waals surface area (Å²) in [7, 11) is 0. The van der Waals surface area contributed by atoms with Gasteiger partial charge in [-0.2, -0.15) is 0 Å². The molecule has 0 fully saturated rings. The molecule has 2 radical (unpaired) electrons. The van der Waals surface area contributed by atoms with E-state index in [4.69, 9.17) is 0 Å². The fourth-order valence-electron chi connectivity index (χ4n) is 4.09. The van der Waals surface area contributed by atoms with E-state index in [1.165, 1.54) is 72.3 Å². The third kappa shape index (κ3) is 7.67. The molecule has 29 heavy (non-hydrogen) atoms. The Morgan fingerprint density at radius 3 is 2.24 bits per heavy atom. The maximum absolute atomic E-state index is 3.47. The Labute approximate surface area is 185 Å². The summed E-state index contributed by atoms with van der Waals surface area (Å²) in [6, 6.07) is 10.2. The van der Waals surface area contributed by atoms with E-state index in [9.17, 15) is 0 Å². The zero-order valence-corrected chi connectivity index (χ0v) is 20.6. The quantitative estimate of drug-likeness (QED) is 0.309. The zero-order valence-electron chi connectivity index (χ0n) is 19.7. The predicted molar refractivity (Wildman–Crippen MR) is 131 cm³/mol. The van der Waals surface area contributed by atoms with Crippen LogP contribution in [0.15, 0.2) is 45.7 Å². The zero-order chi connectivity index (χ0) is 21.3. The van der Waals surface area contributed by atoms with E-state index in [0.717, 1.165) is 6.42 Å². The van der Waals surface area contributed by atoms with Crippen molar-refractivity contribution in [3.05, 3.63) is 58.9 Å². The van der Waals surface area contributed by atoms with Crippen molar-refractivity contribution in [2.75, 3.05) is 0 Å². The average molecular weight is 411 g/mol. The molecular formula is C28H42S. The van der Waals surface area contributed by atoms with Gasteiger partial charge in [0.15, 0.2) is 0 Å². The predicted octanol–water partition coefficient (Wildman–Crippen LogP) is 9.46. The Balaban J connectivity index is 2.07. The molecule has 0 atom stereocenters. The van der Waals surface area contributed by atoms with Crippen LogP contribution in [-0.4, -0.2) is 0 Å². The molecule has 0 saturated heterocycles. The summed E-state index contributed by atoms with van der Waals surface area (Å²) in [6.07, 6.45) is 18.7. The molecule has 1 aromatic carbocycles. The van der Waals surface area contributed by atoms with Crippen molar-refractivity contribution < 1.29 is 0 Å². The molecule has 1 aromatic rings. The minimum absolute atomic E-state index is 0.233. The van der Waals surface area contributed by atoms with Crippen LogP contribution in [0.5, 0.6) is 0 Å². The third-order valence-electron chi connectivity index (χ3n) is 6.33. The number of hydrogen-bond donors (Lipinski definition) is 0. The van der Waals surface area contributed by atoms with Crippen molar-refractivity contribution in [1.82, 2.24) is 0 Å². The van der Waals surface area contributed by atoms with Gasteiger partial charge in [0.2, 0.25) is 0 Å². The lowest BCUT2D eigenvalue weighted by Gasteiger charge is -2.29. The average Bonchev–Trinajstić information content (AvgIpc) is 2.69. The lowest BCUT2D eigenvalue weighted by atomic mass is 9.77. The molecule has 0 heterocycles. The van der Waals surface area contributed by atoms with Crippen molar-refractivity contribution >= 4 is 11.8 Å². The molecule has 1 aliphatic rings. The molecule has 1 aliphatic carbocycles. The van der Waals surface area contributed by atoms with Gasteiger partial charge in [-0.05, 0) is 64.3 Å². The highest BCUT2D eigenvalue weighted by Crippen LogP contribution is 2.41. The van der Waals surface area contributed by atoms with Gasteiger partial charge >= 0.3 is 0 Å². The summed E-state index contributed by atoms with van der Waals surface area (Å²) in [6.45, 7) is 14.2. The van der Waals surface area contributed by atoms with Crippen LogP contribution in [0, 0.1) is 17.9 Å². The van der Waals surface area contributed by atoms with E-state index < -0.39 is 0 Å². The first-order valence-electron chi connectivity index (χ1n) is 11.7. The topological polar surface area (TPSA) is 0 Å². The molecule has 1 heteroatoms. The summed E-state index contributed by atoms with van der Waals surface area (Å²) in [5.74, 6) is 0. The van der Waals surface area contributed by atoms with Gasteiger partial charge in [-0.15, -0.1) is 0 Å². The van der Waals surface area contributed by atoms with E-state index >= 15 is 0 Å². The fourth-order valence-corrected chi connectivity index (χ4v) is 5.02. The first-order chi connectivity index (χ1) is 13.8. The number of hydrogen-bond acceptors (Lipinski definition) is 1. The molecule has 0 N–H and O–H groups in total. The number of benzene rings is 1. The largest absolute Gasteiger partial charge is 0.0936 e. The van der Waals surface area contributed by atoms with Gasteiger partial charge < -0.3 is 0 Å². The van der Waals surface area contributed by atoms with Crippen molar-refractivity contribution in [2.24, 2.45) is 5.41 Å². The van der Waals surface area contributed by atoms with Gasteiger partial charge in [0.25, 0.3) is 0 Å². The standard InChI is InChI=1S/C28H42S/c1-7-9-11-19-27(3,4)23-15-13-17-25(21-23)29-26-18-14-16-24(22-26)28(5,6)20-12-10-8-2/h13,15-16,18,21-22H,7-12,14,19-20H2,1-6H3. The van der Waals surface area contributed by atoms with Crippen LogP contribution in [0.25, 0.3) is 0 Å². The van der Waals surface area contributed by atoms with Crippen molar-refractivity contribution in [3.63, 3.8) is 0 Å². The molecule has 0 bridgehead atoms. The van der Waals surface area contributed by atoms with Crippen molar-refractivity contribution in [3.8, 4) is 0 Å². The molecule has 160 valence electrons. The van der Waals surface area contributed by atoms with E-state index in [1.807, 2.05) is 11.8 Å². The van der Waals surface area contributed by atoms with E-state index in [-0.39, 0.29) is 10.8 Å². The lowest BCUT2D eigenvalue weighted by Crippen LogP contribution is -2.17. The maximum Gasteiger partial charge on any atom is 0.0201 e. The molecule has 0 nitrogen and oxygen atoms in total. The summed E-state index contributed by atoms with van der Waals surface area (Å²) < 4.78 is 0. The fraction of sp³-hybridized carbons (Fsp3) is 0.607. The van der Waals surface area contributed by atoms with Crippen LogP contribution in [-0.2, 0) is 5.41 Å². The smallest absolute Gasteiger partial charge is 0.0201 e. The number of thioether (sulfide) groups is 1. The van der Waals surface area contributed by atoms with Gasteiger partial charge in [-0.1, -0.05) is 110 Å².